The zero-order valence-electron chi connectivity index (χ0n) is 10.7. The number of nitrogens with one attached hydrogen (secondary N) is 2. The molecule has 0 bridgehead atoms. The summed E-state index contributed by atoms with van der Waals surface area (Å²) in [7, 11) is 2.15. The summed E-state index contributed by atoms with van der Waals surface area (Å²) in [4.78, 5) is 11.0. The number of hydrogen-bond acceptors (Lipinski definition) is 6. The second-order valence-electron chi connectivity index (χ2n) is 5.17. The lowest BCUT2D eigenvalue weighted by Crippen LogP contribution is -2.30. The predicted octanol–water partition coefficient (Wildman–Crippen LogP) is -0.179. The molecular weight excluding hydrogens is 228 g/mol. The highest BCUT2D eigenvalue weighted by Gasteiger charge is 2.23. The molecule has 6 heteroatoms. The van der Waals surface area contributed by atoms with Crippen molar-refractivity contribution in [3.8, 4) is 0 Å². The van der Waals surface area contributed by atoms with Crippen molar-refractivity contribution < 1.29 is 0 Å². The van der Waals surface area contributed by atoms with Gasteiger partial charge in [0.2, 0.25) is 5.95 Å². The number of nitrogens with zero attached hydrogens (tertiary/aromatic N) is 3. The van der Waals surface area contributed by atoms with Crippen LogP contribution in [0.5, 0.6) is 0 Å². The summed E-state index contributed by atoms with van der Waals surface area (Å²) in [6, 6.07) is 0.468. The SMILES string of the molecule is CN1CCC(Nc2nc(N)nc3c2CNCC3)C1. The summed E-state index contributed by atoms with van der Waals surface area (Å²) in [5.41, 5.74) is 8.07. The first-order valence-electron chi connectivity index (χ1n) is 6.53. The molecular formula is C12H20N6. The van der Waals surface area contributed by atoms with E-state index in [9.17, 15) is 0 Å². The van der Waals surface area contributed by atoms with Crippen LogP contribution in [0.1, 0.15) is 17.7 Å². The third-order valence-corrected chi connectivity index (χ3v) is 3.68. The fourth-order valence-corrected chi connectivity index (χ4v) is 2.73. The van der Waals surface area contributed by atoms with E-state index in [1.165, 1.54) is 5.56 Å². The van der Waals surface area contributed by atoms with Crippen LogP contribution in [-0.4, -0.2) is 47.6 Å². The van der Waals surface area contributed by atoms with Gasteiger partial charge >= 0.3 is 0 Å². The van der Waals surface area contributed by atoms with Crippen LogP contribution in [0, 0.1) is 0 Å². The van der Waals surface area contributed by atoms with Gasteiger partial charge in [-0.2, -0.15) is 4.98 Å². The van der Waals surface area contributed by atoms with Crippen LogP contribution in [0.25, 0.3) is 0 Å². The van der Waals surface area contributed by atoms with E-state index in [1.807, 2.05) is 0 Å². The molecule has 6 nitrogen and oxygen atoms in total. The maximum Gasteiger partial charge on any atom is 0.222 e. The molecule has 1 fully saturated rings. The molecule has 0 aromatic carbocycles. The van der Waals surface area contributed by atoms with Crippen LogP contribution in [0.4, 0.5) is 11.8 Å². The van der Waals surface area contributed by atoms with Crippen molar-refractivity contribution in [1.82, 2.24) is 20.2 Å². The fourth-order valence-electron chi connectivity index (χ4n) is 2.73. The molecule has 4 N–H and O–H groups in total. The van der Waals surface area contributed by atoms with E-state index in [0.29, 0.717) is 12.0 Å². The van der Waals surface area contributed by atoms with Crippen molar-refractivity contribution in [2.45, 2.75) is 25.4 Å². The quantitative estimate of drug-likeness (QED) is 0.674. The van der Waals surface area contributed by atoms with Gasteiger partial charge in [-0.15, -0.1) is 0 Å². The Labute approximate surface area is 107 Å². The number of rotatable bonds is 2. The number of aromatic nitrogens is 2. The normalized spacial score (nSPS) is 23.9. The fraction of sp³-hybridized carbons (Fsp3) is 0.667. The van der Waals surface area contributed by atoms with Gasteiger partial charge in [-0.3, -0.25) is 0 Å². The van der Waals surface area contributed by atoms with E-state index in [1.54, 1.807) is 0 Å². The van der Waals surface area contributed by atoms with Crippen LogP contribution in [-0.2, 0) is 13.0 Å². The van der Waals surface area contributed by atoms with E-state index < -0.39 is 0 Å². The zero-order valence-corrected chi connectivity index (χ0v) is 10.7. The first-order valence-corrected chi connectivity index (χ1v) is 6.53. The van der Waals surface area contributed by atoms with Crippen LogP contribution in [0.15, 0.2) is 0 Å². The lowest BCUT2D eigenvalue weighted by molar-refractivity contribution is 0.414. The highest BCUT2D eigenvalue weighted by atomic mass is 15.2. The Hall–Kier alpha value is -1.40. The lowest BCUT2D eigenvalue weighted by Gasteiger charge is -2.22. The number of anilines is 2. The van der Waals surface area contributed by atoms with Gasteiger partial charge in [0.25, 0.3) is 0 Å². The molecule has 0 spiro atoms. The number of likely N-dealkylation sites (N-methyl/N-ethyl adjacent to an activating group) is 1. The second-order valence-corrected chi connectivity index (χ2v) is 5.17. The Morgan fingerprint density at radius 1 is 1.44 bits per heavy atom. The van der Waals surface area contributed by atoms with E-state index in [-0.39, 0.29) is 0 Å². The van der Waals surface area contributed by atoms with Crippen molar-refractivity contribution in [1.29, 1.82) is 0 Å². The summed E-state index contributed by atoms with van der Waals surface area (Å²) in [5.74, 6) is 1.30. The molecule has 3 rings (SSSR count). The van der Waals surface area contributed by atoms with E-state index >= 15 is 0 Å². The maximum atomic E-state index is 5.79. The highest BCUT2D eigenvalue weighted by molar-refractivity contribution is 5.51. The Morgan fingerprint density at radius 3 is 3.11 bits per heavy atom. The minimum absolute atomic E-state index is 0.379. The minimum Gasteiger partial charge on any atom is -0.368 e. The highest BCUT2D eigenvalue weighted by Crippen LogP contribution is 2.23. The van der Waals surface area contributed by atoms with Gasteiger partial charge in [-0.05, 0) is 20.0 Å². The van der Waals surface area contributed by atoms with Crippen LogP contribution in [0.2, 0.25) is 0 Å². The van der Waals surface area contributed by atoms with Gasteiger partial charge in [-0.25, -0.2) is 4.98 Å². The van der Waals surface area contributed by atoms with Gasteiger partial charge in [0.05, 0.1) is 5.69 Å². The standard InChI is InChI=1S/C12H20N6/c1-18-5-3-8(7-18)15-11-9-6-14-4-2-10(9)16-12(13)17-11/h8,14H,2-7H2,1H3,(H3,13,15,16,17). The molecule has 2 aliphatic heterocycles. The molecule has 0 saturated carbocycles. The van der Waals surface area contributed by atoms with E-state index in [4.69, 9.17) is 5.73 Å². The molecule has 0 amide bonds. The Bertz CT molecular complexity index is 446. The topological polar surface area (TPSA) is 79.1 Å². The van der Waals surface area contributed by atoms with Crippen LogP contribution >= 0.6 is 0 Å². The van der Waals surface area contributed by atoms with Crippen molar-refractivity contribution in [2.75, 3.05) is 37.7 Å². The molecule has 0 radical (unpaired) electrons. The van der Waals surface area contributed by atoms with Crippen molar-refractivity contribution >= 4 is 11.8 Å². The zero-order chi connectivity index (χ0) is 12.5. The molecule has 2 aliphatic rings. The Morgan fingerprint density at radius 2 is 2.33 bits per heavy atom. The molecule has 0 aliphatic carbocycles. The summed E-state index contributed by atoms with van der Waals surface area (Å²) in [5, 5.41) is 6.89. The largest absolute Gasteiger partial charge is 0.368 e. The minimum atomic E-state index is 0.379. The number of fused-ring (bicyclic) bond motifs is 1. The summed E-state index contributed by atoms with van der Waals surface area (Å²) < 4.78 is 0. The molecule has 1 aromatic heterocycles. The summed E-state index contributed by atoms with van der Waals surface area (Å²) in [6.45, 7) is 4.00. The van der Waals surface area contributed by atoms with Crippen LogP contribution in [0.3, 0.4) is 0 Å². The van der Waals surface area contributed by atoms with Gasteiger partial charge < -0.3 is 21.3 Å². The predicted molar refractivity (Wildman–Crippen MR) is 71.4 cm³/mol. The molecule has 98 valence electrons. The van der Waals surface area contributed by atoms with Crippen molar-refractivity contribution in [2.24, 2.45) is 0 Å². The number of hydrogen-bond donors (Lipinski definition) is 3. The molecule has 1 atom stereocenters. The van der Waals surface area contributed by atoms with Gasteiger partial charge in [-0.1, -0.05) is 0 Å². The van der Waals surface area contributed by atoms with E-state index in [2.05, 4.69) is 32.5 Å². The smallest absolute Gasteiger partial charge is 0.222 e. The van der Waals surface area contributed by atoms with Crippen molar-refractivity contribution in [3.63, 3.8) is 0 Å². The molecule has 18 heavy (non-hydrogen) atoms. The molecule has 3 heterocycles. The average Bonchev–Trinajstić information content (AvgIpc) is 2.74. The maximum absolute atomic E-state index is 5.79. The second kappa shape index (κ2) is 4.70. The van der Waals surface area contributed by atoms with E-state index in [0.717, 1.165) is 50.5 Å². The number of likely N-dealkylation sites (tertiary alicyclic amines) is 1. The molecule has 1 unspecified atom stereocenters. The molecule has 1 aromatic rings. The van der Waals surface area contributed by atoms with Gasteiger partial charge in [0.15, 0.2) is 0 Å². The Kier molecular flexibility index (Phi) is 3.05. The number of nitrogens with two attached hydrogens (primary N) is 1. The van der Waals surface area contributed by atoms with Crippen molar-refractivity contribution in [3.05, 3.63) is 11.3 Å². The lowest BCUT2D eigenvalue weighted by atomic mass is 10.1. The first-order chi connectivity index (χ1) is 8.72. The van der Waals surface area contributed by atoms with Crippen LogP contribution < -0.4 is 16.4 Å². The summed E-state index contributed by atoms with van der Waals surface area (Å²) >= 11 is 0. The third kappa shape index (κ3) is 2.26. The monoisotopic (exact) mass is 248 g/mol. The van der Waals surface area contributed by atoms with Gasteiger partial charge in [0.1, 0.15) is 5.82 Å². The van der Waals surface area contributed by atoms with Gasteiger partial charge in [0, 0.05) is 37.7 Å². The average molecular weight is 248 g/mol. The summed E-state index contributed by atoms with van der Waals surface area (Å²) in [6.07, 6.45) is 2.09. The third-order valence-electron chi connectivity index (χ3n) is 3.68. The first kappa shape index (κ1) is 11.7. The Balaban J connectivity index is 1.84. The number of nitrogen functional groups attached to an aromatic ring is 1. The molecule has 1 saturated heterocycles.